The van der Waals surface area contributed by atoms with Gasteiger partial charge in [-0.1, -0.05) is 23.7 Å². The first kappa shape index (κ1) is 13.2. The third-order valence-corrected chi connectivity index (χ3v) is 3.87. The first-order chi connectivity index (χ1) is 8.28. The molecular formula is C13H18ClNOS. The summed E-state index contributed by atoms with van der Waals surface area (Å²) in [4.78, 5) is 0. The number of hydrogen-bond acceptors (Lipinski definition) is 3. The highest BCUT2D eigenvalue weighted by atomic mass is 35.5. The highest BCUT2D eigenvalue weighted by molar-refractivity contribution is 7.98. The van der Waals surface area contributed by atoms with Crippen LogP contribution < -0.4 is 5.32 Å². The fourth-order valence-corrected chi connectivity index (χ4v) is 2.71. The predicted octanol–water partition coefficient (Wildman–Crippen LogP) is 2.60. The maximum atomic E-state index is 5.87. The maximum Gasteiger partial charge on any atom is 0.0790 e. The van der Waals surface area contributed by atoms with E-state index in [1.807, 2.05) is 23.9 Å². The molecule has 0 aliphatic carbocycles. The van der Waals surface area contributed by atoms with Gasteiger partial charge in [-0.05, 0) is 30.4 Å². The molecule has 1 aliphatic heterocycles. The third kappa shape index (κ3) is 4.18. The van der Waals surface area contributed by atoms with Crippen LogP contribution in [0, 0.1) is 0 Å². The SMILES string of the molecule is CSC[C@H]1CN[C@@H](Cc2ccc(Cl)cc2)CO1. The zero-order valence-electron chi connectivity index (χ0n) is 9.99. The number of morpholine rings is 1. The Morgan fingerprint density at radius 2 is 2.18 bits per heavy atom. The molecule has 2 rings (SSSR count). The van der Waals surface area contributed by atoms with Crippen molar-refractivity contribution >= 4 is 23.4 Å². The van der Waals surface area contributed by atoms with E-state index in [2.05, 4.69) is 23.7 Å². The van der Waals surface area contributed by atoms with Crippen molar-refractivity contribution < 1.29 is 4.74 Å². The Balaban J connectivity index is 1.79. The van der Waals surface area contributed by atoms with Gasteiger partial charge in [-0.3, -0.25) is 0 Å². The van der Waals surface area contributed by atoms with Gasteiger partial charge in [-0.2, -0.15) is 11.8 Å². The lowest BCUT2D eigenvalue weighted by atomic mass is 10.1. The molecule has 2 nitrogen and oxygen atoms in total. The van der Waals surface area contributed by atoms with Crippen LogP contribution in [-0.2, 0) is 11.2 Å². The van der Waals surface area contributed by atoms with Crippen LogP contribution in [0.4, 0.5) is 0 Å². The van der Waals surface area contributed by atoms with Crippen LogP contribution >= 0.6 is 23.4 Å². The first-order valence-corrected chi connectivity index (χ1v) is 7.63. The van der Waals surface area contributed by atoms with E-state index in [4.69, 9.17) is 16.3 Å². The zero-order valence-corrected chi connectivity index (χ0v) is 11.6. The molecule has 4 heteroatoms. The lowest BCUT2D eigenvalue weighted by Gasteiger charge is -2.30. The fourth-order valence-electron chi connectivity index (χ4n) is 2.00. The number of nitrogens with one attached hydrogen (secondary N) is 1. The number of halogens is 1. The molecule has 1 N–H and O–H groups in total. The molecule has 0 amide bonds. The second-order valence-electron chi connectivity index (χ2n) is 4.35. The van der Waals surface area contributed by atoms with Crippen LogP contribution in [0.2, 0.25) is 5.02 Å². The van der Waals surface area contributed by atoms with Gasteiger partial charge in [0.2, 0.25) is 0 Å². The van der Waals surface area contributed by atoms with Gasteiger partial charge in [-0.15, -0.1) is 0 Å². The molecule has 0 bridgehead atoms. The highest BCUT2D eigenvalue weighted by Crippen LogP contribution is 2.13. The molecular weight excluding hydrogens is 254 g/mol. The summed E-state index contributed by atoms with van der Waals surface area (Å²) in [6, 6.07) is 8.47. The van der Waals surface area contributed by atoms with E-state index in [0.29, 0.717) is 12.1 Å². The van der Waals surface area contributed by atoms with E-state index in [-0.39, 0.29) is 0 Å². The van der Waals surface area contributed by atoms with Crippen molar-refractivity contribution in [2.75, 3.05) is 25.2 Å². The molecule has 2 atom stereocenters. The summed E-state index contributed by atoms with van der Waals surface area (Å²) >= 11 is 7.70. The molecule has 0 unspecified atom stereocenters. The van der Waals surface area contributed by atoms with Crippen molar-refractivity contribution in [3.05, 3.63) is 34.9 Å². The zero-order chi connectivity index (χ0) is 12.1. The van der Waals surface area contributed by atoms with Crippen LogP contribution in [0.5, 0.6) is 0 Å². The molecule has 94 valence electrons. The molecule has 1 fully saturated rings. The van der Waals surface area contributed by atoms with Crippen molar-refractivity contribution in [3.63, 3.8) is 0 Å². The lowest BCUT2D eigenvalue weighted by molar-refractivity contribution is 0.0183. The molecule has 0 aromatic heterocycles. The number of hydrogen-bond donors (Lipinski definition) is 1. The van der Waals surface area contributed by atoms with Crippen molar-refractivity contribution in [1.82, 2.24) is 5.32 Å². The molecule has 17 heavy (non-hydrogen) atoms. The number of rotatable bonds is 4. The van der Waals surface area contributed by atoms with Gasteiger partial charge < -0.3 is 10.1 Å². The third-order valence-electron chi connectivity index (χ3n) is 2.92. The van der Waals surface area contributed by atoms with Crippen LogP contribution in [0.15, 0.2) is 24.3 Å². The Morgan fingerprint density at radius 3 is 2.76 bits per heavy atom. The maximum absolute atomic E-state index is 5.87. The predicted molar refractivity (Wildman–Crippen MR) is 75.1 cm³/mol. The summed E-state index contributed by atoms with van der Waals surface area (Å²) in [5.74, 6) is 1.07. The summed E-state index contributed by atoms with van der Waals surface area (Å²) in [7, 11) is 0. The number of thioether (sulfide) groups is 1. The summed E-state index contributed by atoms with van der Waals surface area (Å²) in [6.45, 7) is 1.76. The fraction of sp³-hybridized carbons (Fsp3) is 0.538. The minimum Gasteiger partial charge on any atom is -0.374 e. The molecule has 1 saturated heterocycles. The van der Waals surface area contributed by atoms with Crippen molar-refractivity contribution in [3.8, 4) is 0 Å². The van der Waals surface area contributed by atoms with Gasteiger partial charge in [0, 0.05) is 23.4 Å². The van der Waals surface area contributed by atoms with Crippen molar-refractivity contribution in [2.45, 2.75) is 18.6 Å². The monoisotopic (exact) mass is 271 g/mol. The highest BCUT2D eigenvalue weighted by Gasteiger charge is 2.20. The van der Waals surface area contributed by atoms with E-state index < -0.39 is 0 Å². The van der Waals surface area contributed by atoms with Gasteiger partial charge in [0.05, 0.1) is 12.7 Å². The van der Waals surface area contributed by atoms with E-state index in [1.165, 1.54) is 5.56 Å². The summed E-state index contributed by atoms with van der Waals surface area (Å²) < 4.78 is 5.82. The Bertz CT molecular complexity index is 336. The topological polar surface area (TPSA) is 21.3 Å². The minimum absolute atomic E-state index is 0.367. The Hall–Kier alpha value is -0.220. The van der Waals surface area contributed by atoms with E-state index >= 15 is 0 Å². The molecule has 0 radical (unpaired) electrons. The first-order valence-electron chi connectivity index (χ1n) is 5.86. The molecule has 0 saturated carbocycles. The van der Waals surface area contributed by atoms with Gasteiger partial charge >= 0.3 is 0 Å². The van der Waals surface area contributed by atoms with Gasteiger partial charge in [0.25, 0.3) is 0 Å². The van der Waals surface area contributed by atoms with Gasteiger partial charge in [0.15, 0.2) is 0 Å². The number of benzene rings is 1. The second-order valence-corrected chi connectivity index (χ2v) is 5.69. The molecule has 0 spiro atoms. The summed E-state index contributed by atoms with van der Waals surface area (Å²) in [5.41, 5.74) is 1.30. The Kier molecular flexibility index (Phi) is 5.16. The van der Waals surface area contributed by atoms with Crippen LogP contribution in [0.25, 0.3) is 0 Å². The lowest BCUT2D eigenvalue weighted by Crippen LogP contribution is -2.48. The second kappa shape index (κ2) is 6.64. The van der Waals surface area contributed by atoms with E-state index in [1.54, 1.807) is 0 Å². The standard InChI is InChI=1S/C13H18ClNOS/c1-17-9-13-7-15-12(8-16-13)6-10-2-4-11(14)5-3-10/h2-5,12-13,15H,6-9H2,1H3/t12-,13+/m0/s1. The average molecular weight is 272 g/mol. The number of ether oxygens (including phenoxy) is 1. The Morgan fingerprint density at radius 1 is 1.41 bits per heavy atom. The van der Waals surface area contributed by atoms with Gasteiger partial charge in [0.1, 0.15) is 0 Å². The molecule has 1 aromatic rings. The van der Waals surface area contributed by atoms with Crippen molar-refractivity contribution in [1.29, 1.82) is 0 Å². The molecule has 1 aromatic carbocycles. The van der Waals surface area contributed by atoms with Crippen LogP contribution in [0.1, 0.15) is 5.56 Å². The summed E-state index contributed by atoms with van der Waals surface area (Å²) in [6.07, 6.45) is 3.48. The smallest absolute Gasteiger partial charge is 0.0790 e. The average Bonchev–Trinajstić information content (AvgIpc) is 2.35. The summed E-state index contributed by atoms with van der Waals surface area (Å²) in [5, 5.41) is 4.34. The molecule has 1 heterocycles. The quantitative estimate of drug-likeness (QED) is 0.910. The largest absolute Gasteiger partial charge is 0.374 e. The Labute approximate surface area is 112 Å². The van der Waals surface area contributed by atoms with Crippen LogP contribution in [-0.4, -0.2) is 37.3 Å². The van der Waals surface area contributed by atoms with E-state index in [9.17, 15) is 0 Å². The van der Waals surface area contributed by atoms with Gasteiger partial charge in [-0.25, -0.2) is 0 Å². The van der Waals surface area contributed by atoms with E-state index in [0.717, 1.165) is 30.3 Å². The normalized spacial score (nSPS) is 24.8. The van der Waals surface area contributed by atoms with Crippen molar-refractivity contribution in [2.24, 2.45) is 0 Å². The molecule has 1 aliphatic rings. The minimum atomic E-state index is 0.367. The van der Waals surface area contributed by atoms with Crippen LogP contribution in [0.3, 0.4) is 0 Å².